The summed E-state index contributed by atoms with van der Waals surface area (Å²) >= 11 is 6.85. The van der Waals surface area contributed by atoms with Gasteiger partial charge in [-0.15, -0.1) is 5.10 Å². The number of rotatable bonds is 8. The van der Waals surface area contributed by atoms with Crippen molar-refractivity contribution in [3.63, 3.8) is 0 Å². The molecule has 1 amide bonds. The first-order valence-electron chi connectivity index (χ1n) is 8.46. The summed E-state index contributed by atoms with van der Waals surface area (Å²) in [4.78, 5) is 27.2. The lowest BCUT2D eigenvalue weighted by atomic mass is 10.2. The van der Waals surface area contributed by atoms with Crippen LogP contribution in [0.1, 0.15) is 11.4 Å². The highest BCUT2D eigenvalue weighted by atomic mass is 35.5. The van der Waals surface area contributed by atoms with E-state index in [2.05, 4.69) is 25.7 Å². The SMILES string of the molecule is Cc1nc(Sc2ccc(/C=N\NC(=O)COc3ccc(Cl)cc3)cc2[N+](=O)[O-])n[nH]1. The molecule has 0 unspecified atom stereocenters. The second-order valence-electron chi connectivity index (χ2n) is 5.83. The minimum absolute atomic E-state index is 0.121. The number of hydrazone groups is 1. The van der Waals surface area contributed by atoms with Gasteiger partial charge >= 0.3 is 0 Å². The van der Waals surface area contributed by atoms with Gasteiger partial charge < -0.3 is 4.74 Å². The van der Waals surface area contributed by atoms with E-state index < -0.39 is 10.8 Å². The average Bonchev–Trinajstić information content (AvgIpc) is 3.13. The molecule has 0 aliphatic rings. The van der Waals surface area contributed by atoms with Crippen molar-refractivity contribution in [1.29, 1.82) is 0 Å². The summed E-state index contributed by atoms with van der Waals surface area (Å²) in [5.74, 6) is 0.617. The molecule has 2 N–H and O–H groups in total. The predicted octanol–water partition coefficient (Wildman–Crippen LogP) is 3.36. The summed E-state index contributed by atoms with van der Waals surface area (Å²) in [5.41, 5.74) is 2.62. The molecule has 0 aliphatic carbocycles. The Hall–Kier alpha value is -3.44. The van der Waals surface area contributed by atoms with Crippen LogP contribution in [-0.4, -0.2) is 38.8 Å². The number of hydrogen-bond acceptors (Lipinski definition) is 8. The fourth-order valence-electron chi connectivity index (χ4n) is 2.20. The van der Waals surface area contributed by atoms with Gasteiger partial charge in [-0.05, 0) is 49.0 Å². The second kappa shape index (κ2) is 9.85. The maximum Gasteiger partial charge on any atom is 0.283 e. The zero-order valence-corrected chi connectivity index (χ0v) is 17.1. The van der Waals surface area contributed by atoms with Crippen LogP contribution < -0.4 is 10.2 Å². The molecule has 0 fully saturated rings. The maximum absolute atomic E-state index is 11.8. The Bertz CT molecular complexity index is 1090. The number of aromatic nitrogens is 3. The molecule has 0 spiro atoms. The van der Waals surface area contributed by atoms with E-state index in [1.165, 1.54) is 12.3 Å². The molecule has 0 saturated heterocycles. The van der Waals surface area contributed by atoms with Gasteiger partial charge in [0.2, 0.25) is 5.16 Å². The van der Waals surface area contributed by atoms with Gasteiger partial charge in [-0.3, -0.25) is 20.0 Å². The zero-order chi connectivity index (χ0) is 21.5. The van der Waals surface area contributed by atoms with Crippen molar-refractivity contribution in [3.05, 3.63) is 69.0 Å². The highest BCUT2D eigenvalue weighted by Gasteiger charge is 2.17. The monoisotopic (exact) mass is 446 g/mol. The van der Waals surface area contributed by atoms with Crippen LogP contribution in [0.4, 0.5) is 5.69 Å². The first-order valence-corrected chi connectivity index (χ1v) is 9.66. The average molecular weight is 447 g/mol. The Morgan fingerprint density at radius 3 is 2.80 bits per heavy atom. The quantitative estimate of drug-likeness (QED) is 0.307. The molecule has 0 bridgehead atoms. The Morgan fingerprint density at radius 1 is 1.37 bits per heavy atom. The third kappa shape index (κ3) is 6.03. The molecule has 0 saturated carbocycles. The van der Waals surface area contributed by atoms with Crippen LogP contribution in [0.15, 0.2) is 57.6 Å². The molecule has 2 aromatic carbocycles. The summed E-state index contributed by atoms with van der Waals surface area (Å²) in [5, 5.41) is 22.8. The van der Waals surface area contributed by atoms with Gasteiger partial charge in [0, 0.05) is 16.7 Å². The number of nitrogens with one attached hydrogen (secondary N) is 2. The van der Waals surface area contributed by atoms with Crippen LogP contribution in [0.3, 0.4) is 0 Å². The summed E-state index contributed by atoms with van der Waals surface area (Å²) in [6.45, 7) is 1.49. The molecule has 0 radical (unpaired) electrons. The van der Waals surface area contributed by atoms with Gasteiger partial charge in [0.1, 0.15) is 11.6 Å². The van der Waals surface area contributed by atoms with E-state index in [1.54, 1.807) is 43.3 Å². The first-order chi connectivity index (χ1) is 14.4. The number of benzene rings is 2. The number of aromatic amines is 1. The Kier molecular flexibility index (Phi) is 6.99. The van der Waals surface area contributed by atoms with Crippen LogP contribution >= 0.6 is 23.4 Å². The van der Waals surface area contributed by atoms with Crippen molar-refractivity contribution in [2.45, 2.75) is 17.0 Å². The van der Waals surface area contributed by atoms with E-state index in [9.17, 15) is 14.9 Å². The molecule has 3 rings (SSSR count). The second-order valence-corrected chi connectivity index (χ2v) is 7.27. The molecule has 30 heavy (non-hydrogen) atoms. The molecule has 12 heteroatoms. The summed E-state index contributed by atoms with van der Waals surface area (Å²) in [6.07, 6.45) is 1.30. The summed E-state index contributed by atoms with van der Waals surface area (Å²) in [7, 11) is 0. The fraction of sp³-hybridized carbons (Fsp3) is 0.111. The number of hydrogen-bond donors (Lipinski definition) is 2. The van der Waals surface area contributed by atoms with Gasteiger partial charge in [0.15, 0.2) is 6.61 Å². The number of nitro groups is 1. The predicted molar refractivity (Wildman–Crippen MR) is 111 cm³/mol. The maximum atomic E-state index is 11.8. The standard InChI is InChI=1S/C18H15ClN6O4S/c1-11-21-18(24-22-11)30-16-7-2-12(8-15(16)25(27)28)9-20-23-17(26)10-29-14-5-3-13(19)4-6-14/h2-9H,10H2,1H3,(H,23,26)(H,21,22,24)/b20-9-. The Morgan fingerprint density at radius 2 is 2.13 bits per heavy atom. The van der Waals surface area contributed by atoms with Gasteiger partial charge in [-0.2, -0.15) is 5.10 Å². The van der Waals surface area contributed by atoms with Gasteiger partial charge in [-0.25, -0.2) is 10.4 Å². The molecular formula is C18H15ClN6O4S. The number of H-pyrrole nitrogens is 1. The topological polar surface area (TPSA) is 135 Å². The van der Waals surface area contributed by atoms with Crippen molar-refractivity contribution >= 4 is 41.2 Å². The van der Waals surface area contributed by atoms with Crippen LogP contribution in [0.2, 0.25) is 5.02 Å². The smallest absolute Gasteiger partial charge is 0.283 e. The number of ether oxygens (including phenoxy) is 1. The molecule has 1 aromatic heterocycles. The number of amides is 1. The molecule has 3 aromatic rings. The third-order valence-corrected chi connectivity index (χ3v) is 4.73. The normalized spacial score (nSPS) is 10.9. The van der Waals surface area contributed by atoms with Crippen LogP contribution in [0, 0.1) is 17.0 Å². The van der Waals surface area contributed by atoms with E-state index in [4.69, 9.17) is 16.3 Å². The minimum atomic E-state index is -0.502. The summed E-state index contributed by atoms with van der Waals surface area (Å²) < 4.78 is 5.30. The van der Waals surface area contributed by atoms with Crippen LogP contribution in [0.5, 0.6) is 5.75 Å². The Balaban J connectivity index is 1.59. The third-order valence-electron chi connectivity index (χ3n) is 3.54. The number of aryl methyl sites for hydroxylation is 1. The Labute approximate surface area is 179 Å². The van der Waals surface area contributed by atoms with Gasteiger partial charge in [0.25, 0.3) is 11.6 Å². The van der Waals surface area contributed by atoms with Crippen molar-refractivity contribution in [1.82, 2.24) is 20.6 Å². The van der Waals surface area contributed by atoms with E-state index in [-0.39, 0.29) is 12.3 Å². The lowest BCUT2D eigenvalue weighted by molar-refractivity contribution is -0.387. The zero-order valence-electron chi connectivity index (χ0n) is 15.5. The van der Waals surface area contributed by atoms with Crippen molar-refractivity contribution in [2.75, 3.05) is 6.61 Å². The number of nitrogens with zero attached hydrogens (tertiary/aromatic N) is 4. The molecule has 0 aliphatic heterocycles. The fourth-order valence-corrected chi connectivity index (χ4v) is 3.17. The number of halogens is 1. The summed E-state index contributed by atoms with van der Waals surface area (Å²) in [6, 6.07) is 11.1. The molecule has 0 atom stereocenters. The lowest BCUT2D eigenvalue weighted by Crippen LogP contribution is -2.24. The van der Waals surface area contributed by atoms with E-state index in [1.807, 2.05) is 0 Å². The molecule has 154 valence electrons. The lowest BCUT2D eigenvalue weighted by Gasteiger charge is -2.05. The molecule has 1 heterocycles. The first kappa shape index (κ1) is 21.3. The number of carbonyl (C=O) groups excluding carboxylic acids is 1. The van der Waals surface area contributed by atoms with Crippen molar-refractivity contribution in [2.24, 2.45) is 5.10 Å². The largest absolute Gasteiger partial charge is 0.484 e. The van der Waals surface area contributed by atoms with Crippen molar-refractivity contribution < 1.29 is 14.5 Å². The number of carbonyl (C=O) groups is 1. The van der Waals surface area contributed by atoms with Gasteiger partial charge in [0.05, 0.1) is 16.0 Å². The molecule has 10 nitrogen and oxygen atoms in total. The van der Waals surface area contributed by atoms with Crippen LogP contribution in [0.25, 0.3) is 0 Å². The van der Waals surface area contributed by atoms with E-state index in [0.717, 1.165) is 11.8 Å². The van der Waals surface area contributed by atoms with Crippen molar-refractivity contribution in [3.8, 4) is 5.75 Å². The van der Waals surface area contributed by atoms with Gasteiger partial charge in [-0.1, -0.05) is 17.7 Å². The highest BCUT2D eigenvalue weighted by Crippen LogP contribution is 2.33. The van der Waals surface area contributed by atoms with E-state index in [0.29, 0.717) is 32.2 Å². The van der Waals surface area contributed by atoms with Crippen LogP contribution in [-0.2, 0) is 4.79 Å². The minimum Gasteiger partial charge on any atom is -0.484 e. The van der Waals surface area contributed by atoms with E-state index >= 15 is 0 Å². The highest BCUT2D eigenvalue weighted by molar-refractivity contribution is 7.99. The number of nitro benzene ring substituents is 1. The molecular weight excluding hydrogens is 432 g/mol.